The fourth-order valence-electron chi connectivity index (χ4n) is 1.37. The molecule has 1 aromatic heterocycles. The summed E-state index contributed by atoms with van der Waals surface area (Å²) in [7, 11) is 6.64. The molecular formula is C7H16N3O3P3. The molecule has 0 amide bonds. The minimum Gasteiger partial charge on any atom is -0.363 e. The van der Waals surface area contributed by atoms with Gasteiger partial charge in [-0.2, -0.15) is 0 Å². The van der Waals surface area contributed by atoms with E-state index in [0.29, 0.717) is 19.8 Å². The molecule has 3 atom stereocenters. The van der Waals surface area contributed by atoms with Gasteiger partial charge in [0, 0.05) is 34.6 Å². The number of aryl methyl sites for hydroxylation is 1. The molecule has 16 heavy (non-hydrogen) atoms. The van der Waals surface area contributed by atoms with Gasteiger partial charge >= 0.3 is 0 Å². The van der Waals surface area contributed by atoms with E-state index in [9.17, 15) is 0 Å². The van der Waals surface area contributed by atoms with Crippen molar-refractivity contribution in [2.75, 3.05) is 19.8 Å². The zero-order valence-corrected chi connectivity index (χ0v) is 12.5. The van der Waals surface area contributed by atoms with Crippen molar-refractivity contribution in [1.29, 1.82) is 0 Å². The molecule has 1 rings (SSSR count). The SMILES string of the molecule is Cc1cn(C(COP)(COP)COP)nn1. The van der Waals surface area contributed by atoms with E-state index in [0.717, 1.165) is 5.69 Å². The summed E-state index contributed by atoms with van der Waals surface area (Å²) >= 11 is 0. The topological polar surface area (TPSA) is 58.4 Å². The molecule has 0 aromatic carbocycles. The zero-order valence-electron chi connectivity index (χ0n) is 9.00. The zero-order chi connectivity index (χ0) is 12.0. The number of aromatic nitrogens is 3. The highest BCUT2D eigenvalue weighted by atomic mass is 31.0. The molecule has 0 saturated heterocycles. The van der Waals surface area contributed by atoms with Crippen molar-refractivity contribution in [1.82, 2.24) is 15.0 Å². The van der Waals surface area contributed by atoms with E-state index >= 15 is 0 Å². The Bertz CT molecular complexity index is 306. The van der Waals surface area contributed by atoms with Crippen LogP contribution in [0.4, 0.5) is 0 Å². The first-order valence-electron chi connectivity index (χ1n) is 4.53. The van der Waals surface area contributed by atoms with Gasteiger partial charge in [-0.3, -0.25) is 0 Å². The van der Waals surface area contributed by atoms with Crippen LogP contribution in [-0.2, 0) is 19.1 Å². The second kappa shape index (κ2) is 6.90. The third kappa shape index (κ3) is 3.40. The van der Waals surface area contributed by atoms with Crippen molar-refractivity contribution in [2.45, 2.75) is 12.5 Å². The average molecular weight is 283 g/mol. The van der Waals surface area contributed by atoms with E-state index in [1.165, 1.54) is 0 Å². The molecule has 0 radical (unpaired) electrons. The molecule has 1 heterocycles. The number of rotatable bonds is 7. The molecule has 9 heteroatoms. The van der Waals surface area contributed by atoms with Crippen molar-refractivity contribution >= 4 is 28.4 Å². The van der Waals surface area contributed by atoms with Gasteiger partial charge in [-0.15, -0.1) is 5.10 Å². The Morgan fingerprint density at radius 1 is 1.19 bits per heavy atom. The van der Waals surface area contributed by atoms with Crippen LogP contribution >= 0.6 is 28.4 Å². The smallest absolute Gasteiger partial charge is 0.135 e. The van der Waals surface area contributed by atoms with Gasteiger partial charge in [0.05, 0.1) is 25.5 Å². The van der Waals surface area contributed by atoms with Crippen molar-refractivity contribution in [2.24, 2.45) is 0 Å². The van der Waals surface area contributed by atoms with Gasteiger partial charge in [0.25, 0.3) is 0 Å². The first-order chi connectivity index (χ1) is 7.68. The van der Waals surface area contributed by atoms with E-state index < -0.39 is 5.54 Å². The highest BCUT2D eigenvalue weighted by Gasteiger charge is 2.34. The highest BCUT2D eigenvalue weighted by Crippen LogP contribution is 2.21. The van der Waals surface area contributed by atoms with E-state index in [-0.39, 0.29) is 0 Å². The van der Waals surface area contributed by atoms with Crippen LogP contribution in [0.3, 0.4) is 0 Å². The second-order valence-electron chi connectivity index (χ2n) is 3.46. The van der Waals surface area contributed by atoms with Gasteiger partial charge in [0.1, 0.15) is 5.54 Å². The standard InChI is InChI=1S/C7H16N3O3P3/c1-6-2-10(9-8-6)7(3-11-14,4-12-15)5-13-16/h2H,3-5,14-16H2,1H3. The van der Waals surface area contributed by atoms with Crippen LogP contribution in [0.25, 0.3) is 0 Å². The quantitative estimate of drug-likeness (QED) is 0.689. The summed E-state index contributed by atoms with van der Waals surface area (Å²) < 4.78 is 17.1. The maximum Gasteiger partial charge on any atom is 0.135 e. The Balaban J connectivity index is 2.98. The molecule has 3 unspecified atom stereocenters. The summed E-state index contributed by atoms with van der Waals surface area (Å²) in [5, 5.41) is 8.00. The van der Waals surface area contributed by atoms with Gasteiger partial charge in [0.15, 0.2) is 0 Å². The summed E-state index contributed by atoms with van der Waals surface area (Å²) in [6.07, 6.45) is 1.83. The molecule has 1 aromatic rings. The Kier molecular flexibility index (Phi) is 6.20. The monoisotopic (exact) mass is 283 g/mol. The highest BCUT2D eigenvalue weighted by molar-refractivity contribution is 7.10. The lowest BCUT2D eigenvalue weighted by Gasteiger charge is -2.31. The molecule has 6 nitrogen and oxygen atoms in total. The average Bonchev–Trinajstić information content (AvgIpc) is 2.66. The third-order valence-electron chi connectivity index (χ3n) is 2.15. The number of nitrogens with zero attached hydrogens (tertiary/aromatic N) is 3. The predicted octanol–water partition coefficient (Wildman–Crippen LogP) is 0.702. The molecule has 0 aliphatic heterocycles. The Morgan fingerprint density at radius 3 is 2.00 bits per heavy atom. The van der Waals surface area contributed by atoms with E-state index in [1.807, 2.05) is 13.1 Å². The van der Waals surface area contributed by atoms with Crippen LogP contribution in [0.1, 0.15) is 5.69 Å². The maximum absolute atomic E-state index is 5.13. The molecule has 0 fully saturated rings. The van der Waals surface area contributed by atoms with E-state index in [4.69, 9.17) is 13.6 Å². The lowest BCUT2D eigenvalue weighted by atomic mass is 10.0. The van der Waals surface area contributed by atoms with Crippen LogP contribution in [0.15, 0.2) is 6.20 Å². The van der Waals surface area contributed by atoms with Gasteiger partial charge in [-0.1, -0.05) is 5.21 Å². The Hall–Kier alpha value is 0.310. The third-order valence-corrected chi connectivity index (χ3v) is 2.65. The predicted molar refractivity (Wildman–Crippen MR) is 69.7 cm³/mol. The van der Waals surface area contributed by atoms with Gasteiger partial charge < -0.3 is 13.6 Å². The summed E-state index contributed by atoms with van der Waals surface area (Å²) in [4.78, 5) is 0. The van der Waals surface area contributed by atoms with Crippen LogP contribution in [0.5, 0.6) is 0 Å². The molecular weight excluding hydrogens is 267 g/mol. The minimum atomic E-state index is -0.521. The van der Waals surface area contributed by atoms with Crippen molar-refractivity contribution in [3.8, 4) is 0 Å². The summed E-state index contributed by atoms with van der Waals surface area (Å²) in [6, 6.07) is 0. The molecule has 0 saturated carbocycles. The van der Waals surface area contributed by atoms with E-state index in [2.05, 4.69) is 38.7 Å². The number of hydrogen-bond acceptors (Lipinski definition) is 5. The summed E-state index contributed by atoms with van der Waals surface area (Å²) in [5.41, 5.74) is 0.313. The second-order valence-corrected chi connectivity index (χ2v) is 4.46. The van der Waals surface area contributed by atoms with Crippen molar-refractivity contribution < 1.29 is 13.6 Å². The van der Waals surface area contributed by atoms with Crippen molar-refractivity contribution in [3.05, 3.63) is 11.9 Å². The lowest BCUT2D eigenvalue weighted by Crippen LogP contribution is -2.45. The molecule has 0 aliphatic rings. The van der Waals surface area contributed by atoms with Crippen LogP contribution in [0.2, 0.25) is 0 Å². The normalized spacial score (nSPS) is 12.0. The Morgan fingerprint density at radius 2 is 1.69 bits per heavy atom. The molecule has 0 spiro atoms. The minimum absolute atomic E-state index is 0.392. The van der Waals surface area contributed by atoms with Crippen LogP contribution in [0, 0.1) is 6.92 Å². The van der Waals surface area contributed by atoms with Crippen molar-refractivity contribution in [3.63, 3.8) is 0 Å². The Labute approximate surface area is 102 Å². The van der Waals surface area contributed by atoms with Gasteiger partial charge in [-0.05, 0) is 6.92 Å². The summed E-state index contributed by atoms with van der Waals surface area (Å²) in [6.45, 7) is 3.05. The summed E-state index contributed by atoms with van der Waals surface area (Å²) in [5.74, 6) is 0. The molecule has 92 valence electrons. The first kappa shape index (κ1) is 14.4. The fourth-order valence-corrected chi connectivity index (χ4v) is 2.30. The molecule has 0 bridgehead atoms. The van der Waals surface area contributed by atoms with Crippen LogP contribution in [-0.4, -0.2) is 34.8 Å². The number of hydrogen-bond donors (Lipinski definition) is 0. The first-order valence-corrected chi connectivity index (χ1v) is 5.94. The van der Waals surface area contributed by atoms with Crippen LogP contribution < -0.4 is 0 Å². The van der Waals surface area contributed by atoms with Gasteiger partial charge in [0.2, 0.25) is 0 Å². The maximum atomic E-state index is 5.13. The lowest BCUT2D eigenvalue weighted by molar-refractivity contribution is 0.0501. The molecule has 0 N–H and O–H groups in total. The largest absolute Gasteiger partial charge is 0.363 e. The van der Waals surface area contributed by atoms with Gasteiger partial charge in [-0.25, -0.2) is 4.68 Å². The fraction of sp³-hybridized carbons (Fsp3) is 0.714. The van der Waals surface area contributed by atoms with E-state index in [1.54, 1.807) is 4.68 Å². The molecule has 0 aliphatic carbocycles.